The number of thiophene rings is 1. The quantitative estimate of drug-likeness (QED) is 0.848. The molecule has 0 aliphatic rings. The fourth-order valence-electron chi connectivity index (χ4n) is 2.11. The Morgan fingerprint density at radius 2 is 2.00 bits per heavy atom. The zero-order valence-corrected chi connectivity index (χ0v) is 14.0. The number of carbonyl (C=O) groups is 1. The highest BCUT2D eigenvalue weighted by Gasteiger charge is 2.17. The fourth-order valence-corrected chi connectivity index (χ4v) is 2.75. The van der Waals surface area contributed by atoms with Gasteiger partial charge in [0.25, 0.3) is 0 Å². The molecular weight excluding hydrogens is 319 g/mol. The largest absolute Gasteiger partial charge is 0.493 e. The molecule has 2 N–H and O–H groups in total. The first-order valence-corrected chi connectivity index (χ1v) is 7.91. The van der Waals surface area contributed by atoms with E-state index in [9.17, 15) is 9.18 Å². The molecule has 7 heteroatoms. The molecular formula is C16H19FN2O3S. The van der Waals surface area contributed by atoms with E-state index in [0.29, 0.717) is 23.6 Å². The Labute approximate surface area is 138 Å². The Bertz CT molecular complexity index is 662. The summed E-state index contributed by atoms with van der Waals surface area (Å²) in [7, 11) is 2.92. The van der Waals surface area contributed by atoms with Crippen molar-refractivity contribution >= 4 is 17.4 Å². The maximum atomic E-state index is 14.2. The first kappa shape index (κ1) is 17.1. The molecule has 1 aromatic heterocycles. The molecule has 1 heterocycles. The summed E-state index contributed by atoms with van der Waals surface area (Å²) in [6.07, 6.45) is 0. The second-order valence-electron chi connectivity index (χ2n) is 4.86. The molecule has 0 aliphatic carbocycles. The van der Waals surface area contributed by atoms with Gasteiger partial charge in [-0.15, -0.1) is 11.3 Å². The van der Waals surface area contributed by atoms with Crippen molar-refractivity contribution < 1.29 is 18.7 Å². The number of amides is 2. The summed E-state index contributed by atoms with van der Waals surface area (Å²) in [6, 6.07) is 5.75. The van der Waals surface area contributed by atoms with Gasteiger partial charge in [-0.25, -0.2) is 9.18 Å². The molecule has 2 amide bonds. The number of hydrogen-bond donors (Lipinski definition) is 2. The second kappa shape index (κ2) is 7.82. The third kappa shape index (κ3) is 4.35. The van der Waals surface area contributed by atoms with E-state index >= 15 is 0 Å². The third-order valence-corrected chi connectivity index (χ3v) is 4.20. The van der Waals surface area contributed by atoms with Gasteiger partial charge in [0.05, 0.1) is 26.8 Å². The van der Waals surface area contributed by atoms with Crippen molar-refractivity contribution in [2.24, 2.45) is 0 Å². The predicted molar refractivity (Wildman–Crippen MR) is 87.6 cm³/mol. The van der Waals surface area contributed by atoms with Crippen LogP contribution in [-0.2, 0) is 6.54 Å². The van der Waals surface area contributed by atoms with E-state index < -0.39 is 11.9 Å². The van der Waals surface area contributed by atoms with Crippen molar-refractivity contribution in [1.82, 2.24) is 10.6 Å². The molecule has 2 rings (SSSR count). The van der Waals surface area contributed by atoms with E-state index in [1.807, 2.05) is 17.5 Å². The number of hydrogen-bond acceptors (Lipinski definition) is 4. The molecule has 124 valence electrons. The van der Waals surface area contributed by atoms with Gasteiger partial charge in [-0.1, -0.05) is 6.07 Å². The molecule has 0 spiro atoms. The number of nitrogens with one attached hydrogen (secondary N) is 2. The van der Waals surface area contributed by atoms with Crippen molar-refractivity contribution in [2.45, 2.75) is 19.5 Å². The summed E-state index contributed by atoms with van der Waals surface area (Å²) in [6.45, 7) is 2.14. The van der Waals surface area contributed by atoms with Crippen LogP contribution >= 0.6 is 11.3 Å². The van der Waals surface area contributed by atoms with Gasteiger partial charge in [0, 0.05) is 16.5 Å². The predicted octanol–water partition coefficient (Wildman–Crippen LogP) is 3.46. The average molecular weight is 338 g/mol. The van der Waals surface area contributed by atoms with E-state index in [1.165, 1.54) is 26.4 Å². The molecule has 0 saturated heterocycles. The molecule has 1 aromatic carbocycles. The lowest BCUT2D eigenvalue weighted by atomic mass is 10.1. The summed E-state index contributed by atoms with van der Waals surface area (Å²) in [5.41, 5.74) is 0.328. The van der Waals surface area contributed by atoms with Crippen molar-refractivity contribution in [3.8, 4) is 11.5 Å². The van der Waals surface area contributed by atoms with Crippen LogP contribution in [0.15, 0.2) is 29.6 Å². The standard InChI is InChI=1S/C16H19FN2O3S/c1-10(19-16(20)18-9-11-5-4-6-23-11)12-7-14(21-2)15(22-3)8-13(12)17/h4-8,10H,9H2,1-3H3,(H2,18,19,20)/t10-/m1/s1. The summed E-state index contributed by atoms with van der Waals surface area (Å²) in [4.78, 5) is 13.0. The number of ether oxygens (including phenoxy) is 2. The molecule has 5 nitrogen and oxygen atoms in total. The zero-order chi connectivity index (χ0) is 16.8. The van der Waals surface area contributed by atoms with Crippen LogP contribution in [-0.4, -0.2) is 20.3 Å². The Kier molecular flexibility index (Phi) is 5.81. The first-order chi connectivity index (χ1) is 11.0. The van der Waals surface area contributed by atoms with E-state index in [4.69, 9.17) is 9.47 Å². The van der Waals surface area contributed by atoms with Gasteiger partial charge in [0.1, 0.15) is 5.82 Å². The highest BCUT2D eigenvalue weighted by Crippen LogP contribution is 2.32. The van der Waals surface area contributed by atoms with Crippen LogP contribution in [0, 0.1) is 5.82 Å². The number of methoxy groups -OCH3 is 2. The lowest BCUT2D eigenvalue weighted by Gasteiger charge is -2.17. The monoisotopic (exact) mass is 338 g/mol. The smallest absolute Gasteiger partial charge is 0.315 e. The topological polar surface area (TPSA) is 59.6 Å². The molecule has 0 saturated carbocycles. The number of rotatable bonds is 6. The molecule has 0 aliphatic heterocycles. The van der Waals surface area contributed by atoms with Crippen LogP contribution < -0.4 is 20.1 Å². The molecule has 0 radical (unpaired) electrons. The summed E-state index contributed by atoms with van der Waals surface area (Å²) < 4.78 is 24.4. The van der Waals surface area contributed by atoms with Gasteiger partial charge >= 0.3 is 6.03 Å². The summed E-state index contributed by atoms with van der Waals surface area (Å²) >= 11 is 1.56. The van der Waals surface area contributed by atoms with Gasteiger partial charge in [-0.05, 0) is 24.4 Å². The molecule has 0 bridgehead atoms. The van der Waals surface area contributed by atoms with Crippen molar-refractivity contribution in [2.75, 3.05) is 14.2 Å². The van der Waals surface area contributed by atoms with Crippen LogP contribution in [0.3, 0.4) is 0 Å². The third-order valence-electron chi connectivity index (χ3n) is 3.32. The molecule has 0 fully saturated rings. The minimum atomic E-state index is -0.516. The lowest BCUT2D eigenvalue weighted by molar-refractivity contribution is 0.237. The lowest BCUT2D eigenvalue weighted by Crippen LogP contribution is -2.36. The van der Waals surface area contributed by atoms with Gasteiger partial charge in [0.15, 0.2) is 11.5 Å². The number of carbonyl (C=O) groups excluding carboxylic acids is 1. The van der Waals surface area contributed by atoms with Gasteiger partial charge in [-0.2, -0.15) is 0 Å². The molecule has 1 atom stereocenters. The van der Waals surface area contributed by atoms with Gasteiger partial charge in [-0.3, -0.25) is 0 Å². The van der Waals surface area contributed by atoms with E-state index in [2.05, 4.69) is 10.6 Å². The first-order valence-electron chi connectivity index (χ1n) is 7.03. The summed E-state index contributed by atoms with van der Waals surface area (Å²) in [5, 5.41) is 7.39. The molecule has 2 aromatic rings. The second-order valence-corrected chi connectivity index (χ2v) is 5.89. The molecule has 23 heavy (non-hydrogen) atoms. The van der Waals surface area contributed by atoms with Gasteiger partial charge < -0.3 is 20.1 Å². The average Bonchev–Trinajstić information content (AvgIpc) is 3.05. The zero-order valence-electron chi connectivity index (χ0n) is 13.2. The number of halogens is 1. The Morgan fingerprint density at radius 1 is 1.30 bits per heavy atom. The van der Waals surface area contributed by atoms with Crippen LogP contribution in [0.1, 0.15) is 23.4 Å². The Morgan fingerprint density at radius 3 is 2.61 bits per heavy atom. The van der Waals surface area contributed by atoms with Crippen LogP contribution in [0.5, 0.6) is 11.5 Å². The summed E-state index contributed by atoms with van der Waals surface area (Å²) in [5.74, 6) is 0.258. The maximum absolute atomic E-state index is 14.2. The van der Waals surface area contributed by atoms with E-state index in [0.717, 1.165) is 4.88 Å². The number of benzene rings is 1. The SMILES string of the molecule is COc1cc(F)c([C@@H](C)NC(=O)NCc2cccs2)cc1OC. The Balaban J connectivity index is 2.02. The Hall–Kier alpha value is -2.28. The minimum absolute atomic E-state index is 0.308. The highest BCUT2D eigenvalue weighted by molar-refractivity contribution is 7.09. The fraction of sp³-hybridized carbons (Fsp3) is 0.312. The van der Waals surface area contributed by atoms with Gasteiger partial charge in [0.2, 0.25) is 0 Å². The van der Waals surface area contributed by atoms with Crippen molar-refractivity contribution in [3.05, 3.63) is 45.9 Å². The highest BCUT2D eigenvalue weighted by atomic mass is 32.1. The van der Waals surface area contributed by atoms with E-state index in [-0.39, 0.29) is 6.03 Å². The van der Waals surface area contributed by atoms with Crippen LogP contribution in [0.25, 0.3) is 0 Å². The normalized spacial score (nSPS) is 11.7. The maximum Gasteiger partial charge on any atom is 0.315 e. The van der Waals surface area contributed by atoms with Crippen molar-refractivity contribution in [1.29, 1.82) is 0 Å². The van der Waals surface area contributed by atoms with Crippen LogP contribution in [0.2, 0.25) is 0 Å². The van der Waals surface area contributed by atoms with Crippen LogP contribution in [0.4, 0.5) is 9.18 Å². The van der Waals surface area contributed by atoms with Crippen molar-refractivity contribution in [3.63, 3.8) is 0 Å². The molecule has 0 unspecified atom stereocenters. The number of urea groups is 1. The minimum Gasteiger partial charge on any atom is -0.493 e. The van der Waals surface area contributed by atoms with E-state index in [1.54, 1.807) is 18.3 Å².